The van der Waals surface area contributed by atoms with Gasteiger partial charge < -0.3 is 10.8 Å². The summed E-state index contributed by atoms with van der Waals surface area (Å²) >= 11 is 0. The molecule has 0 spiro atoms. The van der Waals surface area contributed by atoms with Crippen LogP contribution < -0.4 is 5.73 Å². The number of hydrogen-bond donors (Lipinski definition) is 2. The second kappa shape index (κ2) is 11.0. The minimum absolute atomic E-state index is 0.247. The molecule has 0 aliphatic carbocycles. The van der Waals surface area contributed by atoms with Gasteiger partial charge in [0.1, 0.15) is 6.04 Å². The first kappa shape index (κ1) is 13.9. The lowest BCUT2D eigenvalue weighted by atomic mass is 10.1. The highest BCUT2D eigenvalue weighted by molar-refractivity contribution is 4.52. The van der Waals surface area contributed by atoms with Crippen molar-refractivity contribution < 1.29 is 10.8 Å². The predicted molar refractivity (Wildman–Crippen MR) is 61.0 cm³/mol. The van der Waals surface area contributed by atoms with Crippen molar-refractivity contribution in [1.29, 1.82) is 0 Å². The monoisotopic (exact) mass is 202 g/mol. The summed E-state index contributed by atoms with van der Waals surface area (Å²) < 4.78 is 0. The van der Waals surface area contributed by atoms with Crippen molar-refractivity contribution in [3.63, 3.8) is 0 Å². The average molecular weight is 202 g/mol. The second-order valence-electron chi connectivity index (χ2n) is 4.31. The van der Waals surface area contributed by atoms with Gasteiger partial charge in [0.15, 0.2) is 0 Å². The fourth-order valence-electron chi connectivity index (χ4n) is 1.66. The molecule has 0 aliphatic rings. The van der Waals surface area contributed by atoms with Crippen LogP contribution in [-0.4, -0.2) is 17.8 Å². The van der Waals surface area contributed by atoms with E-state index >= 15 is 0 Å². The smallest absolute Gasteiger partial charge is 0.108 e. The van der Waals surface area contributed by atoms with Crippen LogP contribution in [-0.2, 0) is 0 Å². The van der Waals surface area contributed by atoms with Gasteiger partial charge in [0.2, 0.25) is 0 Å². The van der Waals surface area contributed by atoms with E-state index in [1.165, 1.54) is 51.4 Å². The lowest BCUT2D eigenvalue weighted by Crippen LogP contribution is -2.62. The molecule has 0 aliphatic heterocycles. The lowest BCUT2D eigenvalue weighted by molar-refractivity contribution is -0.426. The zero-order valence-corrected chi connectivity index (χ0v) is 9.80. The topological polar surface area (TPSA) is 47.9 Å². The second-order valence-corrected chi connectivity index (χ2v) is 4.31. The van der Waals surface area contributed by atoms with Crippen LogP contribution in [0.4, 0.5) is 0 Å². The summed E-state index contributed by atoms with van der Waals surface area (Å²) in [5, 5.41) is 8.77. The highest BCUT2D eigenvalue weighted by atomic mass is 16.3. The van der Waals surface area contributed by atoms with Crippen LogP contribution in [0.2, 0.25) is 0 Å². The molecule has 2 nitrogen and oxygen atoms in total. The van der Waals surface area contributed by atoms with E-state index in [1.54, 1.807) is 0 Å². The minimum Gasteiger partial charge on any atom is -0.390 e. The summed E-state index contributed by atoms with van der Waals surface area (Å²) in [6, 6.07) is 0.259. The first-order chi connectivity index (χ1) is 6.81. The van der Waals surface area contributed by atoms with Gasteiger partial charge in [-0.1, -0.05) is 51.9 Å². The van der Waals surface area contributed by atoms with Crippen molar-refractivity contribution >= 4 is 0 Å². The van der Waals surface area contributed by atoms with Crippen molar-refractivity contribution in [2.24, 2.45) is 0 Å². The van der Waals surface area contributed by atoms with Crippen LogP contribution in [0, 0.1) is 0 Å². The number of unbranched alkanes of at least 4 members (excludes halogenated alkanes) is 7. The van der Waals surface area contributed by atoms with E-state index in [1.807, 2.05) is 0 Å². The average Bonchev–Trinajstić information content (AvgIpc) is 2.21. The van der Waals surface area contributed by atoms with E-state index in [-0.39, 0.29) is 12.6 Å². The molecular weight excluding hydrogens is 174 g/mol. The Kier molecular flexibility index (Phi) is 10.9. The van der Waals surface area contributed by atoms with Crippen LogP contribution in [0.15, 0.2) is 0 Å². The maximum Gasteiger partial charge on any atom is 0.108 e. The molecule has 0 aromatic heterocycles. The predicted octanol–water partition coefficient (Wildman–Crippen LogP) is 2.12. The van der Waals surface area contributed by atoms with Gasteiger partial charge in [-0.3, -0.25) is 0 Å². The fraction of sp³-hybridized carbons (Fsp3) is 1.00. The first-order valence-electron chi connectivity index (χ1n) is 6.25. The van der Waals surface area contributed by atoms with Crippen molar-refractivity contribution in [2.45, 2.75) is 70.8 Å². The Bertz CT molecular complexity index is 106. The Morgan fingerprint density at radius 1 is 0.929 bits per heavy atom. The molecule has 0 saturated carbocycles. The van der Waals surface area contributed by atoms with Crippen molar-refractivity contribution in [3.8, 4) is 0 Å². The molecule has 0 rings (SSSR count). The van der Waals surface area contributed by atoms with E-state index in [4.69, 9.17) is 5.11 Å². The van der Waals surface area contributed by atoms with Gasteiger partial charge in [-0.25, -0.2) is 0 Å². The van der Waals surface area contributed by atoms with Gasteiger partial charge in [-0.05, 0) is 6.42 Å². The largest absolute Gasteiger partial charge is 0.390 e. The number of aliphatic hydroxyl groups is 1. The Labute approximate surface area is 88.9 Å². The molecule has 1 atom stereocenters. The molecule has 86 valence electrons. The molecule has 4 N–H and O–H groups in total. The number of quaternary nitrogens is 1. The van der Waals surface area contributed by atoms with Gasteiger partial charge in [0.25, 0.3) is 0 Å². The zero-order chi connectivity index (χ0) is 10.6. The SMILES string of the molecule is CCCCCCCCCCC([NH3+])CO. The maximum absolute atomic E-state index is 8.77. The van der Waals surface area contributed by atoms with Crippen LogP contribution in [0.1, 0.15) is 64.7 Å². The molecule has 0 saturated heterocycles. The third kappa shape index (κ3) is 10.0. The summed E-state index contributed by atoms with van der Waals surface area (Å²) in [6.07, 6.45) is 11.9. The highest BCUT2D eigenvalue weighted by Gasteiger charge is 2.02. The summed E-state index contributed by atoms with van der Waals surface area (Å²) in [7, 11) is 0. The molecule has 0 fully saturated rings. The molecule has 14 heavy (non-hydrogen) atoms. The van der Waals surface area contributed by atoms with E-state index < -0.39 is 0 Å². The molecule has 0 aromatic carbocycles. The number of rotatable bonds is 10. The third-order valence-electron chi connectivity index (χ3n) is 2.72. The van der Waals surface area contributed by atoms with E-state index in [0.29, 0.717) is 0 Å². The summed E-state index contributed by atoms with van der Waals surface area (Å²) in [5.41, 5.74) is 3.86. The Morgan fingerprint density at radius 3 is 1.93 bits per heavy atom. The van der Waals surface area contributed by atoms with Gasteiger partial charge >= 0.3 is 0 Å². The fourth-order valence-corrected chi connectivity index (χ4v) is 1.66. The lowest BCUT2D eigenvalue weighted by Gasteiger charge is -2.04. The van der Waals surface area contributed by atoms with Crippen LogP contribution in [0.3, 0.4) is 0 Å². The van der Waals surface area contributed by atoms with Gasteiger partial charge in [0, 0.05) is 6.42 Å². The minimum atomic E-state index is 0.247. The third-order valence-corrected chi connectivity index (χ3v) is 2.72. The van der Waals surface area contributed by atoms with Crippen LogP contribution >= 0.6 is 0 Å². The van der Waals surface area contributed by atoms with Crippen molar-refractivity contribution in [3.05, 3.63) is 0 Å². The van der Waals surface area contributed by atoms with Crippen LogP contribution in [0.25, 0.3) is 0 Å². The highest BCUT2D eigenvalue weighted by Crippen LogP contribution is 2.09. The molecule has 0 radical (unpaired) electrons. The summed E-state index contributed by atoms with van der Waals surface area (Å²) in [4.78, 5) is 0. The van der Waals surface area contributed by atoms with E-state index in [9.17, 15) is 0 Å². The van der Waals surface area contributed by atoms with Gasteiger partial charge in [-0.2, -0.15) is 0 Å². The van der Waals surface area contributed by atoms with Gasteiger partial charge in [0.05, 0.1) is 6.61 Å². The maximum atomic E-state index is 8.77. The summed E-state index contributed by atoms with van der Waals surface area (Å²) in [5.74, 6) is 0. The summed E-state index contributed by atoms with van der Waals surface area (Å²) in [6.45, 7) is 2.50. The van der Waals surface area contributed by atoms with Gasteiger partial charge in [-0.15, -0.1) is 0 Å². The molecule has 0 amide bonds. The van der Waals surface area contributed by atoms with Crippen molar-refractivity contribution in [1.82, 2.24) is 0 Å². The first-order valence-corrected chi connectivity index (χ1v) is 6.25. The molecular formula is C12H28NO+. The van der Waals surface area contributed by atoms with E-state index in [0.717, 1.165) is 6.42 Å². The van der Waals surface area contributed by atoms with E-state index in [2.05, 4.69) is 12.7 Å². The Hall–Kier alpha value is -0.0800. The normalized spacial score (nSPS) is 13.1. The molecule has 2 heteroatoms. The Balaban J connectivity index is 2.92. The standard InChI is InChI=1S/C12H27NO/c1-2-3-4-5-6-7-8-9-10-12(13)11-14/h12,14H,2-11,13H2,1H3/p+1. The van der Waals surface area contributed by atoms with Crippen molar-refractivity contribution in [2.75, 3.05) is 6.61 Å². The van der Waals surface area contributed by atoms with Crippen LogP contribution in [0.5, 0.6) is 0 Å². The molecule has 0 heterocycles. The number of aliphatic hydroxyl groups excluding tert-OH is 1. The zero-order valence-electron chi connectivity index (χ0n) is 9.80. The number of hydrogen-bond acceptors (Lipinski definition) is 1. The molecule has 1 unspecified atom stereocenters. The Morgan fingerprint density at radius 2 is 1.43 bits per heavy atom. The molecule has 0 aromatic rings. The molecule has 0 bridgehead atoms. The quantitative estimate of drug-likeness (QED) is 0.524.